The molecule has 1 fully saturated rings. The minimum absolute atomic E-state index is 0. The van der Waals surface area contributed by atoms with E-state index in [1.165, 1.54) is 12.1 Å². The zero-order valence-corrected chi connectivity index (χ0v) is 20.1. The molecule has 2 aromatic carbocycles. The van der Waals surface area contributed by atoms with Crippen LogP contribution in [0.3, 0.4) is 0 Å². The molecule has 1 atom stereocenters. The van der Waals surface area contributed by atoms with Crippen LogP contribution in [0.25, 0.3) is 10.9 Å². The van der Waals surface area contributed by atoms with E-state index < -0.39 is 23.8 Å². The number of piperazine rings is 1. The molecule has 182 valence electrons. The Hall–Kier alpha value is -3.00. The van der Waals surface area contributed by atoms with E-state index in [1.807, 2.05) is 36.1 Å². The molecule has 5 nitrogen and oxygen atoms in total. The van der Waals surface area contributed by atoms with E-state index in [0.29, 0.717) is 13.1 Å². The van der Waals surface area contributed by atoms with Crippen LogP contribution in [-0.2, 0) is 4.79 Å². The third-order valence-electron chi connectivity index (χ3n) is 6.14. The van der Waals surface area contributed by atoms with Crippen LogP contribution in [0, 0.1) is 12.7 Å². The molecule has 9 heteroatoms. The number of aryl methyl sites for hydroxylation is 1. The van der Waals surface area contributed by atoms with Crippen molar-refractivity contribution in [3.05, 3.63) is 65.1 Å². The Labute approximate surface area is 203 Å². The molecule has 4 rings (SSSR count). The lowest BCUT2D eigenvalue weighted by Crippen LogP contribution is -2.48. The summed E-state index contributed by atoms with van der Waals surface area (Å²) in [6.45, 7) is 8.01. The fraction of sp³-hybridized carbons (Fsp3) is 0.360. The van der Waals surface area contributed by atoms with Gasteiger partial charge in [-0.25, -0.2) is 13.2 Å². The number of alkyl halides is 2. The molecule has 0 radical (unpaired) electrons. The minimum atomic E-state index is -2.87. The largest absolute Gasteiger partial charge is 0.378 e. The van der Waals surface area contributed by atoms with Crippen LogP contribution in [0.2, 0.25) is 0 Å². The summed E-state index contributed by atoms with van der Waals surface area (Å²) in [7, 11) is 0. The summed E-state index contributed by atoms with van der Waals surface area (Å²) in [6, 6.07) is 11.4. The van der Waals surface area contributed by atoms with Gasteiger partial charge in [0.1, 0.15) is 5.82 Å². The predicted molar refractivity (Wildman–Crippen MR) is 132 cm³/mol. The third kappa shape index (κ3) is 5.22. The van der Waals surface area contributed by atoms with E-state index in [9.17, 15) is 18.0 Å². The number of nitrogens with one attached hydrogen (secondary N) is 1. The molecule has 2 heterocycles. The van der Waals surface area contributed by atoms with Gasteiger partial charge in [-0.2, -0.15) is 0 Å². The molecule has 0 spiro atoms. The van der Waals surface area contributed by atoms with Gasteiger partial charge in [0.15, 0.2) is 0 Å². The maximum Gasteiger partial charge on any atom is 0.266 e. The Morgan fingerprint density at radius 3 is 2.38 bits per heavy atom. The first-order valence-electron chi connectivity index (χ1n) is 11.0. The number of nitrogens with zero attached hydrogens (tertiary/aromatic N) is 3. The zero-order chi connectivity index (χ0) is 23.7. The molecule has 1 aromatic heterocycles. The first-order valence-corrected chi connectivity index (χ1v) is 11.0. The summed E-state index contributed by atoms with van der Waals surface area (Å²) in [6.07, 6.45) is -2.87. The molecule has 0 unspecified atom stereocenters. The molecule has 1 saturated heterocycles. The Bertz CT molecular complexity index is 1180. The first-order chi connectivity index (χ1) is 15.7. The SMILES string of the molecule is CC(=O)N1CCN(c2ccc3nc(C)cc(N[C@H](C)c4cccc(C(F)F)c4F)c3c2)CC1.Cl. The van der Waals surface area contributed by atoms with Crippen molar-refractivity contribution in [2.45, 2.75) is 33.2 Å². The second kappa shape index (κ2) is 10.5. The normalized spacial score (nSPS) is 14.8. The molecule has 0 saturated carbocycles. The number of carbonyl (C=O) groups excluding carboxylic acids is 1. The number of fused-ring (bicyclic) bond motifs is 1. The molecule has 1 aliphatic heterocycles. The third-order valence-corrected chi connectivity index (χ3v) is 6.14. The van der Waals surface area contributed by atoms with Crippen LogP contribution in [0.15, 0.2) is 42.5 Å². The Morgan fingerprint density at radius 1 is 1.06 bits per heavy atom. The average Bonchev–Trinajstić information content (AvgIpc) is 2.78. The lowest BCUT2D eigenvalue weighted by atomic mass is 10.0. The van der Waals surface area contributed by atoms with Crippen LogP contribution >= 0.6 is 12.4 Å². The fourth-order valence-electron chi connectivity index (χ4n) is 4.32. The van der Waals surface area contributed by atoms with Crippen molar-refractivity contribution in [2.24, 2.45) is 0 Å². The van der Waals surface area contributed by atoms with Gasteiger partial charge in [0, 0.05) is 61.1 Å². The topological polar surface area (TPSA) is 48.5 Å². The quantitative estimate of drug-likeness (QED) is 0.483. The van der Waals surface area contributed by atoms with Crippen LogP contribution in [-0.4, -0.2) is 42.0 Å². The van der Waals surface area contributed by atoms with Crippen molar-refractivity contribution < 1.29 is 18.0 Å². The van der Waals surface area contributed by atoms with Crippen LogP contribution in [0.1, 0.15) is 43.1 Å². The fourth-order valence-corrected chi connectivity index (χ4v) is 4.32. The number of carbonyl (C=O) groups is 1. The number of anilines is 2. The second-order valence-electron chi connectivity index (χ2n) is 8.42. The van der Waals surface area contributed by atoms with Gasteiger partial charge in [-0.05, 0) is 38.1 Å². The molecule has 0 aliphatic carbocycles. The smallest absolute Gasteiger partial charge is 0.266 e. The lowest BCUT2D eigenvalue weighted by Gasteiger charge is -2.35. The van der Waals surface area contributed by atoms with Gasteiger partial charge >= 0.3 is 0 Å². The molecule has 34 heavy (non-hydrogen) atoms. The predicted octanol–water partition coefficient (Wildman–Crippen LogP) is 5.88. The molecular weight excluding hydrogens is 465 g/mol. The van der Waals surface area contributed by atoms with E-state index in [2.05, 4.69) is 15.2 Å². The summed E-state index contributed by atoms with van der Waals surface area (Å²) < 4.78 is 41.0. The first kappa shape index (κ1) is 25.6. The highest BCUT2D eigenvalue weighted by Crippen LogP contribution is 2.33. The van der Waals surface area contributed by atoms with E-state index in [-0.39, 0.29) is 23.9 Å². The van der Waals surface area contributed by atoms with Crippen molar-refractivity contribution in [1.29, 1.82) is 0 Å². The Morgan fingerprint density at radius 2 is 1.74 bits per heavy atom. The number of aromatic nitrogens is 1. The van der Waals surface area contributed by atoms with Crippen LogP contribution in [0.4, 0.5) is 24.5 Å². The summed E-state index contributed by atoms with van der Waals surface area (Å²) in [5, 5.41) is 4.17. The van der Waals surface area contributed by atoms with Gasteiger partial charge in [0.2, 0.25) is 5.91 Å². The van der Waals surface area contributed by atoms with Gasteiger partial charge in [0.05, 0.1) is 17.1 Å². The van der Waals surface area contributed by atoms with Gasteiger partial charge in [-0.15, -0.1) is 12.4 Å². The van der Waals surface area contributed by atoms with Gasteiger partial charge < -0.3 is 15.1 Å². The van der Waals surface area contributed by atoms with Crippen molar-refractivity contribution in [3.8, 4) is 0 Å². The average molecular weight is 493 g/mol. The van der Waals surface area contributed by atoms with Crippen LogP contribution < -0.4 is 10.2 Å². The molecule has 0 bridgehead atoms. The summed E-state index contributed by atoms with van der Waals surface area (Å²) in [5.41, 5.74) is 2.95. The number of rotatable bonds is 5. The van der Waals surface area contributed by atoms with Gasteiger partial charge in [-0.3, -0.25) is 9.78 Å². The molecule has 3 aromatic rings. The summed E-state index contributed by atoms with van der Waals surface area (Å²) in [4.78, 5) is 20.3. The minimum Gasteiger partial charge on any atom is -0.378 e. The van der Waals surface area contributed by atoms with Crippen molar-refractivity contribution in [1.82, 2.24) is 9.88 Å². The highest BCUT2D eigenvalue weighted by Gasteiger charge is 2.21. The van der Waals surface area contributed by atoms with Crippen molar-refractivity contribution in [3.63, 3.8) is 0 Å². The van der Waals surface area contributed by atoms with E-state index in [4.69, 9.17) is 0 Å². The zero-order valence-electron chi connectivity index (χ0n) is 19.3. The number of amides is 1. The number of hydrogen-bond acceptors (Lipinski definition) is 4. The monoisotopic (exact) mass is 492 g/mol. The standard InChI is InChI=1S/C25H27F3N4O.ClH/c1-15-13-23(30-16(2)19-5-4-6-20(24(19)26)25(27)28)21-14-18(7-8-22(21)29-15)32-11-9-31(10-12-32)17(3)33;/h4-8,13-14,16,25H,9-12H2,1-3H3,(H,29,30);1H/t16-;/m1./s1. The highest BCUT2D eigenvalue weighted by molar-refractivity contribution is 5.94. The van der Waals surface area contributed by atoms with E-state index in [1.54, 1.807) is 13.8 Å². The summed E-state index contributed by atoms with van der Waals surface area (Å²) >= 11 is 0. The molecule has 1 N–H and O–H groups in total. The van der Waals surface area contributed by atoms with Crippen LogP contribution in [0.5, 0.6) is 0 Å². The lowest BCUT2D eigenvalue weighted by molar-refractivity contribution is -0.129. The van der Waals surface area contributed by atoms with Crippen molar-refractivity contribution >= 4 is 40.6 Å². The number of pyridine rings is 1. The molecular formula is C25H28ClF3N4O. The Kier molecular flexibility index (Phi) is 7.92. The second-order valence-corrected chi connectivity index (χ2v) is 8.42. The van der Waals surface area contributed by atoms with Gasteiger partial charge in [0.25, 0.3) is 6.43 Å². The summed E-state index contributed by atoms with van der Waals surface area (Å²) in [5.74, 6) is -0.803. The number of benzene rings is 2. The van der Waals surface area contributed by atoms with Crippen molar-refractivity contribution in [2.75, 3.05) is 36.4 Å². The maximum atomic E-state index is 14.7. The van der Waals surface area contributed by atoms with Gasteiger partial charge in [-0.1, -0.05) is 18.2 Å². The number of halogens is 4. The number of hydrogen-bond donors (Lipinski definition) is 1. The van der Waals surface area contributed by atoms with E-state index >= 15 is 0 Å². The molecule has 1 amide bonds. The maximum absolute atomic E-state index is 14.7. The van der Waals surface area contributed by atoms with E-state index in [0.717, 1.165) is 47.1 Å². The highest BCUT2D eigenvalue weighted by atomic mass is 35.5. The molecule has 1 aliphatic rings. The Balaban J connectivity index is 0.00000324.